The summed E-state index contributed by atoms with van der Waals surface area (Å²) in [5.41, 5.74) is 0. The molecule has 7 heavy (non-hydrogen) atoms. The van der Waals surface area contributed by atoms with Gasteiger partial charge in [-0.15, -0.1) is 0 Å². The second-order valence-corrected chi connectivity index (χ2v) is 1.93. The van der Waals surface area contributed by atoms with E-state index in [2.05, 4.69) is 6.08 Å². The summed E-state index contributed by atoms with van der Waals surface area (Å²) in [5, 5.41) is 10.1. The Kier molecular flexibility index (Phi) is 1.47. The molecule has 1 heteroatoms. The van der Waals surface area contributed by atoms with Crippen molar-refractivity contribution in [2.75, 3.05) is 6.61 Å². The topological polar surface area (TPSA) is 19.9 Å². The first kappa shape index (κ1) is 4.85. The minimum atomic E-state index is 0.0799. The van der Waals surface area contributed by atoms with Crippen molar-refractivity contribution in [3.05, 3.63) is 12.2 Å². The molecular formula is C6H9O. The highest BCUT2D eigenvalue weighted by atomic mass is 16.3. The number of hydrogen-bond donors (Lipinski definition) is 0. The van der Waals surface area contributed by atoms with Gasteiger partial charge >= 0.3 is 0 Å². The van der Waals surface area contributed by atoms with Gasteiger partial charge < -0.3 is 0 Å². The van der Waals surface area contributed by atoms with Gasteiger partial charge in [0, 0.05) is 5.92 Å². The van der Waals surface area contributed by atoms with E-state index in [1.807, 2.05) is 6.08 Å². The lowest BCUT2D eigenvalue weighted by Crippen LogP contribution is -1.94. The fourth-order valence-corrected chi connectivity index (χ4v) is 0.834. The highest BCUT2D eigenvalue weighted by molar-refractivity contribution is 4.95. The van der Waals surface area contributed by atoms with Crippen molar-refractivity contribution in [2.24, 2.45) is 5.92 Å². The van der Waals surface area contributed by atoms with Gasteiger partial charge in [0.05, 0.1) is 6.61 Å². The van der Waals surface area contributed by atoms with Gasteiger partial charge in [0.1, 0.15) is 0 Å². The van der Waals surface area contributed by atoms with Crippen molar-refractivity contribution in [3.8, 4) is 0 Å². The Hall–Kier alpha value is -0.300. The molecule has 1 aliphatic rings. The summed E-state index contributed by atoms with van der Waals surface area (Å²) in [6, 6.07) is 0. The van der Waals surface area contributed by atoms with E-state index in [1.165, 1.54) is 0 Å². The molecule has 0 N–H and O–H groups in total. The van der Waals surface area contributed by atoms with Crippen molar-refractivity contribution in [1.82, 2.24) is 0 Å². The third-order valence-electron chi connectivity index (χ3n) is 1.33. The average Bonchev–Trinajstić information content (AvgIpc) is 2.14. The van der Waals surface area contributed by atoms with Gasteiger partial charge in [-0.05, 0) is 12.8 Å². The third-order valence-corrected chi connectivity index (χ3v) is 1.33. The van der Waals surface area contributed by atoms with Crippen LogP contribution in [0.5, 0.6) is 0 Å². The van der Waals surface area contributed by atoms with Gasteiger partial charge in [-0.2, -0.15) is 0 Å². The van der Waals surface area contributed by atoms with E-state index >= 15 is 0 Å². The van der Waals surface area contributed by atoms with E-state index in [-0.39, 0.29) is 6.61 Å². The molecule has 1 unspecified atom stereocenters. The Morgan fingerprint density at radius 1 is 1.71 bits per heavy atom. The summed E-state index contributed by atoms with van der Waals surface area (Å²) in [4.78, 5) is 0. The monoisotopic (exact) mass is 97.1 g/mol. The van der Waals surface area contributed by atoms with Crippen molar-refractivity contribution in [3.63, 3.8) is 0 Å². The van der Waals surface area contributed by atoms with Crippen molar-refractivity contribution in [1.29, 1.82) is 0 Å². The third kappa shape index (κ3) is 1.03. The highest BCUT2D eigenvalue weighted by Gasteiger charge is 2.06. The zero-order valence-electron chi connectivity index (χ0n) is 4.26. The van der Waals surface area contributed by atoms with Gasteiger partial charge in [-0.3, -0.25) is 0 Å². The Bertz CT molecular complexity index is 76.2. The molecule has 0 aromatic heterocycles. The van der Waals surface area contributed by atoms with Crippen LogP contribution in [0.1, 0.15) is 12.8 Å². The predicted octanol–water partition coefficient (Wildman–Crippen LogP) is 1.38. The number of hydrogen-bond acceptors (Lipinski definition) is 0. The van der Waals surface area contributed by atoms with Crippen LogP contribution in [0.2, 0.25) is 0 Å². The van der Waals surface area contributed by atoms with Gasteiger partial charge in [0.15, 0.2) is 0 Å². The van der Waals surface area contributed by atoms with Crippen LogP contribution in [0.25, 0.3) is 0 Å². The second-order valence-electron chi connectivity index (χ2n) is 1.93. The first-order valence-corrected chi connectivity index (χ1v) is 2.68. The van der Waals surface area contributed by atoms with Crippen LogP contribution < -0.4 is 0 Å². The van der Waals surface area contributed by atoms with E-state index in [9.17, 15) is 5.11 Å². The minimum Gasteiger partial charge on any atom is -0.236 e. The quantitative estimate of drug-likeness (QED) is 0.440. The second kappa shape index (κ2) is 2.12. The molecule has 0 aromatic rings. The molecule has 39 valence electrons. The van der Waals surface area contributed by atoms with Crippen LogP contribution in [0.15, 0.2) is 12.2 Å². The molecule has 0 saturated heterocycles. The maximum Gasteiger partial charge on any atom is 0.0885 e. The van der Waals surface area contributed by atoms with Crippen molar-refractivity contribution >= 4 is 0 Å². The Labute approximate surface area is 43.7 Å². The number of allylic oxidation sites excluding steroid dienone is 1. The molecular weight excluding hydrogens is 88.1 g/mol. The smallest absolute Gasteiger partial charge is 0.0885 e. The fraction of sp³-hybridized carbons (Fsp3) is 0.667. The maximum atomic E-state index is 10.1. The lowest BCUT2D eigenvalue weighted by molar-refractivity contribution is 0.161. The summed E-state index contributed by atoms with van der Waals surface area (Å²) in [6.45, 7) is 0.0799. The highest BCUT2D eigenvalue weighted by Crippen LogP contribution is 2.15. The molecule has 1 atom stereocenters. The zero-order valence-corrected chi connectivity index (χ0v) is 4.26. The summed E-state index contributed by atoms with van der Waals surface area (Å²) in [6.07, 6.45) is 6.31. The molecule has 0 aliphatic heterocycles. The van der Waals surface area contributed by atoms with Crippen LogP contribution >= 0.6 is 0 Å². The van der Waals surface area contributed by atoms with Crippen molar-refractivity contribution < 1.29 is 5.11 Å². The summed E-state index contributed by atoms with van der Waals surface area (Å²) in [5.74, 6) is 0.361. The molecule has 0 amide bonds. The molecule has 1 nitrogen and oxygen atoms in total. The standard InChI is InChI=1S/C6H9O/c7-5-6-3-1-2-4-6/h1,3,6H,2,4-5H2. The van der Waals surface area contributed by atoms with E-state index in [0.717, 1.165) is 12.8 Å². The first-order chi connectivity index (χ1) is 3.43. The molecule has 1 rings (SSSR count). The van der Waals surface area contributed by atoms with E-state index in [0.29, 0.717) is 5.92 Å². The van der Waals surface area contributed by atoms with Crippen LogP contribution in [0, 0.1) is 5.92 Å². The Morgan fingerprint density at radius 2 is 2.57 bits per heavy atom. The van der Waals surface area contributed by atoms with Crippen LogP contribution in [-0.2, 0) is 5.11 Å². The maximum absolute atomic E-state index is 10.1. The molecule has 1 radical (unpaired) electrons. The van der Waals surface area contributed by atoms with Gasteiger partial charge in [-0.25, -0.2) is 5.11 Å². The molecule has 0 saturated carbocycles. The Balaban J connectivity index is 2.28. The van der Waals surface area contributed by atoms with E-state index < -0.39 is 0 Å². The van der Waals surface area contributed by atoms with E-state index in [1.54, 1.807) is 0 Å². The normalized spacial score (nSPS) is 29.0. The van der Waals surface area contributed by atoms with E-state index in [4.69, 9.17) is 0 Å². The Morgan fingerprint density at radius 3 is 2.86 bits per heavy atom. The van der Waals surface area contributed by atoms with Crippen molar-refractivity contribution in [2.45, 2.75) is 12.8 Å². The zero-order chi connectivity index (χ0) is 5.11. The fourth-order valence-electron chi connectivity index (χ4n) is 0.834. The first-order valence-electron chi connectivity index (χ1n) is 2.68. The minimum absolute atomic E-state index is 0.0799. The average molecular weight is 97.1 g/mol. The van der Waals surface area contributed by atoms with Gasteiger partial charge in [-0.1, -0.05) is 12.2 Å². The predicted molar refractivity (Wildman–Crippen MR) is 27.4 cm³/mol. The molecule has 0 spiro atoms. The molecule has 0 fully saturated rings. The molecule has 1 aliphatic carbocycles. The molecule has 0 aromatic carbocycles. The summed E-state index contributed by atoms with van der Waals surface area (Å²) in [7, 11) is 0. The van der Waals surface area contributed by atoms with Crippen LogP contribution in [0.4, 0.5) is 0 Å². The lowest BCUT2D eigenvalue weighted by atomic mass is 10.1. The van der Waals surface area contributed by atoms with Crippen LogP contribution in [-0.4, -0.2) is 6.61 Å². The van der Waals surface area contributed by atoms with Gasteiger partial charge in [0.25, 0.3) is 0 Å². The molecule has 0 bridgehead atoms. The largest absolute Gasteiger partial charge is 0.236 e. The van der Waals surface area contributed by atoms with Crippen LogP contribution in [0.3, 0.4) is 0 Å². The SMILES string of the molecule is [O]CC1C=CCC1. The lowest BCUT2D eigenvalue weighted by Gasteiger charge is -1.95. The summed E-state index contributed by atoms with van der Waals surface area (Å²) < 4.78 is 0. The summed E-state index contributed by atoms with van der Waals surface area (Å²) >= 11 is 0. The molecule has 0 heterocycles. The number of rotatable bonds is 1. The van der Waals surface area contributed by atoms with Gasteiger partial charge in [0.2, 0.25) is 0 Å².